The zero-order valence-corrected chi connectivity index (χ0v) is 19.2. The minimum absolute atomic E-state index is 0.157. The Morgan fingerprint density at radius 3 is 2.68 bits per heavy atom. The van der Waals surface area contributed by atoms with Crippen LogP contribution < -0.4 is 20.7 Å². The second-order valence-corrected chi connectivity index (χ2v) is 7.99. The molecule has 10 nitrogen and oxygen atoms in total. The zero-order valence-electron chi connectivity index (χ0n) is 19.2. The number of amides is 4. The van der Waals surface area contributed by atoms with Gasteiger partial charge in [-0.3, -0.25) is 24.2 Å². The van der Waals surface area contributed by atoms with E-state index in [1.54, 1.807) is 50.5 Å². The lowest BCUT2D eigenvalue weighted by molar-refractivity contribution is -0.135. The number of hydrogen-bond acceptors (Lipinski definition) is 6. The molecular weight excluding hydrogens is 438 g/mol. The van der Waals surface area contributed by atoms with Gasteiger partial charge in [-0.2, -0.15) is 0 Å². The van der Waals surface area contributed by atoms with Gasteiger partial charge in [0.25, 0.3) is 5.91 Å². The van der Waals surface area contributed by atoms with E-state index in [0.29, 0.717) is 12.2 Å². The van der Waals surface area contributed by atoms with Crippen molar-refractivity contribution >= 4 is 23.6 Å². The summed E-state index contributed by atoms with van der Waals surface area (Å²) in [6.07, 6.45) is 1.83. The summed E-state index contributed by atoms with van der Waals surface area (Å²) in [5.41, 5.74) is 1.03. The molecule has 34 heavy (non-hydrogen) atoms. The van der Waals surface area contributed by atoms with E-state index in [2.05, 4.69) is 20.9 Å². The van der Waals surface area contributed by atoms with Crippen molar-refractivity contribution in [2.24, 2.45) is 0 Å². The molecule has 180 valence electrons. The van der Waals surface area contributed by atoms with Gasteiger partial charge >= 0.3 is 0 Å². The van der Waals surface area contributed by atoms with Crippen molar-refractivity contribution < 1.29 is 23.9 Å². The second-order valence-electron chi connectivity index (χ2n) is 7.99. The molecule has 0 spiro atoms. The number of rotatable bonds is 4. The minimum atomic E-state index is -1.15. The van der Waals surface area contributed by atoms with E-state index < -0.39 is 29.8 Å². The summed E-state index contributed by atoms with van der Waals surface area (Å²) in [6, 6.07) is 10.2. The molecule has 0 fully saturated rings. The van der Waals surface area contributed by atoms with Crippen LogP contribution in [0.5, 0.6) is 5.75 Å². The number of para-hydroxylation sites is 1. The molecule has 3 rings (SSSR count). The van der Waals surface area contributed by atoms with Crippen molar-refractivity contribution in [1.82, 2.24) is 25.8 Å². The van der Waals surface area contributed by atoms with Gasteiger partial charge in [0.2, 0.25) is 17.7 Å². The van der Waals surface area contributed by atoms with Crippen molar-refractivity contribution in [3.8, 4) is 5.75 Å². The van der Waals surface area contributed by atoms with Crippen LogP contribution >= 0.6 is 0 Å². The number of ether oxygens (including phenoxy) is 1. The fraction of sp³-hybridized carbons (Fsp3) is 0.375. The molecule has 0 unspecified atom stereocenters. The third-order valence-electron chi connectivity index (χ3n) is 5.36. The Bertz CT molecular complexity index is 1030. The van der Waals surface area contributed by atoms with Crippen LogP contribution in [0, 0.1) is 0 Å². The maximum absolute atomic E-state index is 13.0. The number of hydrogen-bond donors (Lipinski definition) is 3. The van der Waals surface area contributed by atoms with Gasteiger partial charge in [-0.15, -0.1) is 0 Å². The van der Waals surface area contributed by atoms with Gasteiger partial charge in [0, 0.05) is 31.9 Å². The summed E-state index contributed by atoms with van der Waals surface area (Å²) >= 11 is 0. The van der Waals surface area contributed by atoms with Crippen LogP contribution in [0.1, 0.15) is 29.4 Å². The smallest absolute Gasteiger partial charge is 0.255 e. The molecule has 0 aliphatic carbocycles. The van der Waals surface area contributed by atoms with Crippen LogP contribution in [-0.4, -0.2) is 72.3 Å². The van der Waals surface area contributed by atoms with Crippen LogP contribution in [-0.2, 0) is 20.8 Å². The fourth-order valence-electron chi connectivity index (χ4n) is 3.49. The topological polar surface area (TPSA) is 130 Å². The number of benzene rings is 1. The average Bonchev–Trinajstić information content (AvgIpc) is 2.83. The van der Waals surface area contributed by atoms with E-state index >= 15 is 0 Å². The van der Waals surface area contributed by atoms with Crippen LogP contribution in [0.4, 0.5) is 0 Å². The number of nitrogens with zero attached hydrogens (tertiary/aromatic N) is 2. The maximum atomic E-state index is 13.0. The normalized spacial score (nSPS) is 19.7. The molecule has 0 saturated heterocycles. The van der Waals surface area contributed by atoms with Crippen molar-refractivity contribution in [3.05, 3.63) is 59.9 Å². The van der Waals surface area contributed by atoms with Gasteiger partial charge in [-0.1, -0.05) is 18.2 Å². The van der Waals surface area contributed by atoms with Gasteiger partial charge in [0.15, 0.2) is 0 Å². The molecule has 2 heterocycles. The van der Waals surface area contributed by atoms with Crippen molar-refractivity contribution in [1.29, 1.82) is 0 Å². The summed E-state index contributed by atoms with van der Waals surface area (Å²) in [5.74, 6) is -1.54. The van der Waals surface area contributed by atoms with Crippen LogP contribution in [0.25, 0.3) is 0 Å². The highest BCUT2D eigenvalue weighted by atomic mass is 16.5. The Hall–Kier alpha value is -3.95. The summed E-state index contributed by atoms with van der Waals surface area (Å²) in [7, 11) is 1.61. The van der Waals surface area contributed by atoms with E-state index in [9.17, 15) is 19.2 Å². The Morgan fingerprint density at radius 1 is 1.15 bits per heavy atom. The first-order valence-corrected chi connectivity index (χ1v) is 11.1. The first kappa shape index (κ1) is 24.7. The van der Waals surface area contributed by atoms with E-state index in [4.69, 9.17) is 4.74 Å². The molecule has 2 atom stereocenters. The molecule has 0 bridgehead atoms. The number of fused-ring (bicyclic) bond motifs is 1. The summed E-state index contributed by atoms with van der Waals surface area (Å²) in [6.45, 7) is 2.28. The monoisotopic (exact) mass is 467 g/mol. The predicted octanol–water partition coefficient (Wildman–Crippen LogP) is 0.285. The van der Waals surface area contributed by atoms with E-state index in [-0.39, 0.29) is 37.6 Å². The first-order chi connectivity index (χ1) is 16.3. The summed E-state index contributed by atoms with van der Waals surface area (Å²) < 4.78 is 5.74. The van der Waals surface area contributed by atoms with Gasteiger partial charge in [-0.05, 0) is 31.2 Å². The molecule has 0 saturated carbocycles. The highest BCUT2D eigenvalue weighted by Crippen LogP contribution is 2.18. The van der Waals surface area contributed by atoms with Crippen molar-refractivity contribution in [3.63, 3.8) is 0 Å². The Kier molecular flexibility index (Phi) is 8.55. The third-order valence-corrected chi connectivity index (χ3v) is 5.36. The quantitative estimate of drug-likeness (QED) is 0.593. The maximum Gasteiger partial charge on any atom is 0.255 e. The van der Waals surface area contributed by atoms with E-state index in [0.717, 1.165) is 5.69 Å². The van der Waals surface area contributed by atoms with Gasteiger partial charge in [0.1, 0.15) is 24.4 Å². The van der Waals surface area contributed by atoms with Crippen molar-refractivity contribution in [2.45, 2.75) is 31.8 Å². The van der Waals surface area contributed by atoms with E-state index in [1.807, 2.05) is 12.1 Å². The molecule has 4 amide bonds. The average molecular weight is 468 g/mol. The van der Waals surface area contributed by atoms with Crippen LogP contribution in [0.2, 0.25) is 0 Å². The standard InChI is InChI=1S/C24H29N5O5/c1-16-24(33)29(2)13-14-34-20-9-4-3-8-18(20)22(31)28-19(15-21(30)27-16)23(32)26-12-10-17-7-5-6-11-25-17/h3-9,11,16,19H,10,12-15H2,1-2H3,(H,26,32)(H,27,30)(H,28,31)/t16-,19-/m0/s1. The minimum Gasteiger partial charge on any atom is -0.491 e. The number of aromatic nitrogens is 1. The van der Waals surface area contributed by atoms with Crippen molar-refractivity contribution in [2.75, 3.05) is 26.7 Å². The Balaban J connectivity index is 1.78. The van der Waals surface area contributed by atoms with Gasteiger partial charge < -0.3 is 25.6 Å². The third kappa shape index (κ3) is 6.77. The van der Waals surface area contributed by atoms with Crippen LogP contribution in [0.15, 0.2) is 48.7 Å². The summed E-state index contributed by atoms with van der Waals surface area (Å²) in [4.78, 5) is 56.7. The molecule has 10 heteroatoms. The Morgan fingerprint density at radius 2 is 1.91 bits per heavy atom. The lowest BCUT2D eigenvalue weighted by atomic mass is 10.1. The molecule has 1 aromatic carbocycles. The molecule has 0 radical (unpaired) electrons. The van der Waals surface area contributed by atoms with Gasteiger partial charge in [-0.25, -0.2) is 0 Å². The zero-order chi connectivity index (χ0) is 24.5. The number of carbonyl (C=O) groups excluding carboxylic acids is 4. The molecule has 2 aromatic rings. The fourth-order valence-corrected chi connectivity index (χ4v) is 3.49. The SMILES string of the molecule is C[C@@H]1NC(=O)C[C@@H](C(=O)NCCc2ccccn2)NC(=O)c2ccccc2OCCN(C)C1=O. The number of likely N-dealkylation sites (N-methyl/N-ethyl adjacent to an activating group) is 1. The lowest BCUT2D eigenvalue weighted by Gasteiger charge is -2.25. The molecule has 1 aliphatic heterocycles. The van der Waals surface area contributed by atoms with Gasteiger partial charge in [0.05, 0.1) is 18.5 Å². The number of carbonyl (C=O) groups is 4. The summed E-state index contributed by atoms with van der Waals surface area (Å²) in [5, 5.41) is 7.99. The highest BCUT2D eigenvalue weighted by molar-refractivity contribution is 6.01. The van der Waals surface area contributed by atoms with Crippen LogP contribution in [0.3, 0.4) is 0 Å². The first-order valence-electron chi connectivity index (χ1n) is 11.1. The predicted molar refractivity (Wildman–Crippen MR) is 124 cm³/mol. The Labute approximate surface area is 198 Å². The molecule has 1 aliphatic rings. The lowest BCUT2D eigenvalue weighted by Crippen LogP contribution is -2.52. The molecule has 1 aromatic heterocycles. The molecule has 3 N–H and O–H groups in total. The number of nitrogens with one attached hydrogen (secondary N) is 3. The largest absolute Gasteiger partial charge is 0.491 e. The van der Waals surface area contributed by atoms with E-state index in [1.165, 1.54) is 4.90 Å². The highest BCUT2D eigenvalue weighted by Gasteiger charge is 2.28. The molecular formula is C24H29N5O5. The number of pyridine rings is 1. The second kappa shape index (κ2) is 11.8.